The summed E-state index contributed by atoms with van der Waals surface area (Å²) in [5.41, 5.74) is -1.05. The first kappa shape index (κ1) is 12.1. The summed E-state index contributed by atoms with van der Waals surface area (Å²) in [4.78, 5) is 13.4. The van der Waals surface area contributed by atoms with Crippen LogP contribution in [0.15, 0.2) is 30.4 Å². The quantitative estimate of drug-likeness (QED) is 0.623. The summed E-state index contributed by atoms with van der Waals surface area (Å²) in [6, 6.07) is 7.04. The average molecular weight is 340 g/mol. The molecule has 1 aromatic rings. The number of rotatable bonds is 1. The monoisotopic (exact) mass is 340 g/mol. The van der Waals surface area contributed by atoms with Gasteiger partial charge in [-0.25, -0.2) is 0 Å². The van der Waals surface area contributed by atoms with Gasteiger partial charge in [0, 0.05) is 16.2 Å². The number of amides is 1. The molecule has 0 aliphatic carbocycles. The second-order valence-corrected chi connectivity index (χ2v) is 5.07. The number of likely N-dealkylation sites (N-methyl/N-ethyl adjacent to an activating group) is 1. The number of carbonyl (C=O) groups is 1. The summed E-state index contributed by atoms with van der Waals surface area (Å²) >= 11 is 2.09. The third kappa shape index (κ3) is 1.48. The highest BCUT2D eigenvalue weighted by molar-refractivity contribution is 14.1. The van der Waals surface area contributed by atoms with Crippen molar-refractivity contribution in [2.75, 3.05) is 11.9 Å². The van der Waals surface area contributed by atoms with E-state index >= 15 is 0 Å². The van der Waals surface area contributed by atoms with Crippen LogP contribution in [0.4, 0.5) is 5.69 Å². The molecular formula is C12H9IN2O2. The number of aliphatic hydroxyl groups is 1. The Hall–Kier alpha value is -1.39. The SMILES string of the molecule is C=C(C#N)C1(O)C(=O)N(C)c2ccc(I)cc21. The molecule has 2 rings (SSSR count). The van der Waals surface area contributed by atoms with E-state index in [1.807, 2.05) is 6.07 Å². The van der Waals surface area contributed by atoms with E-state index in [0.717, 1.165) is 3.57 Å². The predicted molar refractivity (Wildman–Crippen MR) is 71.2 cm³/mol. The van der Waals surface area contributed by atoms with Crippen molar-refractivity contribution in [2.24, 2.45) is 0 Å². The second kappa shape index (κ2) is 3.82. The summed E-state index contributed by atoms with van der Waals surface area (Å²) < 4.78 is 0.883. The van der Waals surface area contributed by atoms with Crippen molar-refractivity contribution in [2.45, 2.75) is 5.60 Å². The van der Waals surface area contributed by atoms with Crippen molar-refractivity contribution >= 4 is 34.2 Å². The van der Waals surface area contributed by atoms with Gasteiger partial charge in [0.25, 0.3) is 5.91 Å². The average Bonchev–Trinajstić information content (AvgIpc) is 2.51. The van der Waals surface area contributed by atoms with Gasteiger partial charge in [-0.05, 0) is 40.8 Å². The van der Waals surface area contributed by atoms with Crippen LogP contribution in [0.5, 0.6) is 0 Å². The smallest absolute Gasteiger partial charge is 0.268 e. The summed E-state index contributed by atoms with van der Waals surface area (Å²) in [5.74, 6) is -0.541. The normalized spacial score (nSPS) is 22.2. The van der Waals surface area contributed by atoms with Gasteiger partial charge in [0.15, 0.2) is 0 Å². The Morgan fingerprint density at radius 3 is 2.88 bits per heavy atom. The maximum Gasteiger partial charge on any atom is 0.268 e. The molecule has 0 radical (unpaired) electrons. The third-order valence-electron chi connectivity index (χ3n) is 2.90. The van der Waals surface area contributed by atoms with E-state index in [4.69, 9.17) is 5.26 Å². The van der Waals surface area contributed by atoms with Gasteiger partial charge < -0.3 is 10.0 Å². The molecule has 0 saturated heterocycles. The lowest BCUT2D eigenvalue weighted by molar-refractivity contribution is -0.131. The standard InChI is InChI=1S/C12H9IN2O2/c1-7(6-14)12(17)9-5-8(13)3-4-10(9)15(2)11(12)16/h3-5,17H,1H2,2H3. The fourth-order valence-corrected chi connectivity index (χ4v) is 2.42. The number of benzene rings is 1. The topological polar surface area (TPSA) is 64.3 Å². The van der Waals surface area contributed by atoms with Crippen LogP contribution in [0, 0.1) is 14.9 Å². The van der Waals surface area contributed by atoms with E-state index in [-0.39, 0.29) is 5.57 Å². The van der Waals surface area contributed by atoms with Crippen LogP contribution in [0.2, 0.25) is 0 Å². The molecule has 1 N–H and O–H groups in total. The van der Waals surface area contributed by atoms with Crippen LogP contribution < -0.4 is 4.90 Å². The van der Waals surface area contributed by atoms with E-state index in [9.17, 15) is 9.90 Å². The fraction of sp³-hybridized carbons (Fsp3) is 0.167. The number of carbonyl (C=O) groups excluding carboxylic acids is 1. The van der Waals surface area contributed by atoms with Crippen molar-refractivity contribution in [3.63, 3.8) is 0 Å². The molecule has 0 saturated carbocycles. The molecule has 1 aliphatic heterocycles. The zero-order valence-corrected chi connectivity index (χ0v) is 11.2. The van der Waals surface area contributed by atoms with Gasteiger partial charge >= 0.3 is 0 Å². The molecule has 0 fully saturated rings. The summed E-state index contributed by atoms with van der Waals surface area (Å²) in [6.07, 6.45) is 0. The molecule has 0 aromatic heterocycles. The van der Waals surface area contributed by atoms with Gasteiger partial charge in [0.2, 0.25) is 5.60 Å². The molecule has 1 aromatic carbocycles. The minimum atomic E-state index is -1.92. The molecule has 0 spiro atoms. The van der Waals surface area contributed by atoms with E-state index in [0.29, 0.717) is 11.3 Å². The van der Waals surface area contributed by atoms with Crippen molar-refractivity contribution in [3.05, 3.63) is 39.5 Å². The largest absolute Gasteiger partial charge is 0.371 e. The molecule has 5 heteroatoms. The highest BCUT2D eigenvalue weighted by atomic mass is 127. The molecule has 86 valence electrons. The summed E-state index contributed by atoms with van der Waals surface area (Å²) in [6.45, 7) is 3.48. The van der Waals surface area contributed by atoms with E-state index in [2.05, 4.69) is 29.2 Å². The Kier molecular flexibility index (Phi) is 2.72. The molecule has 0 bridgehead atoms. The zero-order chi connectivity index (χ0) is 12.8. The Labute approximate surface area is 112 Å². The van der Waals surface area contributed by atoms with Crippen LogP contribution >= 0.6 is 22.6 Å². The lowest BCUT2D eigenvalue weighted by atomic mass is 9.89. The lowest BCUT2D eigenvalue weighted by Gasteiger charge is -2.20. The van der Waals surface area contributed by atoms with Crippen LogP contribution in [0.3, 0.4) is 0 Å². The molecule has 17 heavy (non-hydrogen) atoms. The first-order chi connectivity index (χ1) is 7.92. The maximum atomic E-state index is 12.1. The molecule has 4 nitrogen and oxygen atoms in total. The van der Waals surface area contributed by atoms with Crippen LogP contribution in [0.1, 0.15) is 5.56 Å². The van der Waals surface area contributed by atoms with Crippen LogP contribution in [0.25, 0.3) is 0 Å². The van der Waals surface area contributed by atoms with Gasteiger partial charge in [-0.15, -0.1) is 0 Å². The molecule has 1 amide bonds. The number of anilines is 1. The second-order valence-electron chi connectivity index (χ2n) is 3.83. The molecule has 1 heterocycles. The lowest BCUT2D eigenvalue weighted by Crippen LogP contribution is -2.39. The first-order valence-electron chi connectivity index (χ1n) is 4.83. The molecule has 1 atom stereocenters. The zero-order valence-electron chi connectivity index (χ0n) is 9.07. The van der Waals surface area contributed by atoms with E-state index in [1.165, 1.54) is 4.90 Å². The minimum absolute atomic E-state index is 0.157. The molecule has 1 aliphatic rings. The number of nitrogens with zero attached hydrogens (tertiary/aromatic N) is 2. The highest BCUT2D eigenvalue weighted by Crippen LogP contribution is 2.43. The van der Waals surface area contributed by atoms with Crippen LogP contribution in [-0.2, 0) is 10.4 Å². The van der Waals surface area contributed by atoms with Gasteiger partial charge in [-0.2, -0.15) is 5.26 Å². The molecule has 1 unspecified atom stereocenters. The maximum absolute atomic E-state index is 12.1. The van der Waals surface area contributed by atoms with Crippen molar-refractivity contribution in [3.8, 4) is 6.07 Å². The predicted octanol–water partition coefficient (Wildman–Crippen LogP) is 1.53. The highest BCUT2D eigenvalue weighted by Gasteiger charge is 2.50. The fourth-order valence-electron chi connectivity index (χ4n) is 1.93. The van der Waals surface area contributed by atoms with E-state index < -0.39 is 11.5 Å². The number of fused-ring (bicyclic) bond motifs is 1. The first-order valence-corrected chi connectivity index (χ1v) is 5.91. The third-order valence-corrected chi connectivity index (χ3v) is 3.57. The summed E-state index contributed by atoms with van der Waals surface area (Å²) in [7, 11) is 1.57. The Morgan fingerprint density at radius 2 is 2.29 bits per heavy atom. The summed E-state index contributed by atoms with van der Waals surface area (Å²) in [5, 5.41) is 19.3. The van der Waals surface area contributed by atoms with E-state index in [1.54, 1.807) is 25.2 Å². The number of nitriles is 1. The minimum Gasteiger partial charge on any atom is -0.371 e. The number of halogens is 1. The van der Waals surface area contributed by atoms with Crippen molar-refractivity contribution in [1.29, 1.82) is 5.26 Å². The van der Waals surface area contributed by atoms with Gasteiger partial charge in [-0.3, -0.25) is 4.79 Å². The Morgan fingerprint density at radius 1 is 1.65 bits per heavy atom. The van der Waals surface area contributed by atoms with Crippen molar-refractivity contribution in [1.82, 2.24) is 0 Å². The van der Waals surface area contributed by atoms with Crippen LogP contribution in [-0.4, -0.2) is 18.1 Å². The van der Waals surface area contributed by atoms with Crippen molar-refractivity contribution < 1.29 is 9.90 Å². The molecular weight excluding hydrogens is 331 g/mol. The number of hydrogen-bond acceptors (Lipinski definition) is 3. The van der Waals surface area contributed by atoms with Gasteiger partial charge in [-0.1, -0.05) is 6.58 Å². The van der Waals surface area contributed by atoms with Gasteiger partial charge in [0.1, 0.15) is 0 Å². The number of hydrogen-bond donors (Lipinski definition) is 1. The Balaban J connectivity index is 2.74. The van der Waals surface area contributed by atoms with Gasteiger partial charge in [0.05, 0.1) is 17.3 Å². The Bertz CT molecular complexity index is 576.